The predicted molar refractivity (Wildman–Crippen MR) is 143 cm³/mol. The van der Waals surface area contributed by atoms with E-state index in [1.165, 1.54) is 17.7 Å². The fraction of sp³-hybridized carbons (Fsp3) is 0.231. The monoisotopic (exact) mass is 547 g/mol. The van der Waals surface area contributed by atoms with Gasteiger partial charge in [-0.15, -0.1) is 16.4 Å². The van der Waals surface area contributed by atoms with Gasteiger partial charge in [-0.05, 0) is 66.6 Å². The van der Waals surface area contributed by atoms with Gasteiger partial charge in [0.05, 0.1) is 29.6 Å². The van der Waals surface area contributed by atoms with Gasteiger partial charge < -0.3 is 14.3 Å². The molecule has 0 amide bonds. The van der Waals surface area contributed by atoms with Crippen molar-refractivity contribution in [3.05, 3.63) is 86.1 Å². The lowest BCUT2D eigenvalue weighted by Crippen LogP contribution is -2.19. The highest BCUT2D eigenvalue weighted by molar-refractivity contribution is 7.12. The zero-order valence-electron chi connectivity index (χ0n) is 20.5. The van der Waals surface area contributed by atoms with Crippen molar-refractivity contribution in [3.63, 3.8) is 0 Å². The summed E-state index contributed by atoms with van der Waals surface area (Å²) < 4.78 is 8.62. The molecular formula is C26H22ClN7O3S. The molecule has 38 heavy (non-hydrogen) atoms. The number of carbonyl (C=O) groups excluding carboxylic acids is 1. The molecule has 1 atom stereocenters. The number of H-pyrrole nitrogens is 1. The number of esters is 1. The lowest BCUT2D eigenvalue weighted by Gasteiger charge is -2.14. The van der Waals surface area contributed by atoms with Crippen LogP contribution in [0.5, 0.6) is 0 Å². The van der Waals surface area contributed by atoms with Crippen molar-refractivity contribution in [1.29, 1.82) is 0 Å². The van der Waals surface area contributed by atoms with Crippen molar-refractivity contribution in [3.8, 4) is 28.1 Å². The van der Waals surface area contributed by atoms with Crippen molar-refractivity contribution in [1.82, 2.24) is 34.7 Å². The van der Waals surface area contributed by atoms with Crippen molar-refractivity contribution < 1.29 is 9.53 Å². The number of nitrogens with zero attached hydrogens (tertiary/aromatic N) is 6. The van der Waals surface area contributed by atoms with Gasteiger partial charge in [-0.1, -0.05) is 11.6 Å². The van der Waals surface area contributed by atoms with Crippen molar-refractivity contribution >= 4 is 28.9 Å². The van der Waals surface area contributed by atoms with Gasteiger partial charge in [-0.2, -0.15) is 4.68 Å². The summed E-state index contributed by atoms with van der Waals surface area (Å²) in [7, 11) is 0. The van der Waals surface area contributed by atoms with Crippen LogP contribution in [0.25, 0.3) is 28.1 Å². The number of aromatic amines is 1. The number of thiophene rings is 1. The number of imidazole rings is 1. The van der Waals surface area contributed by atoms with Crippen molar-refractivity contribution in [2.24, 2.45) is 0 Å². The normalized spacial score (nSPS) is 14.7. The summed E-state index contributed by atoms with van der Waals surface area (Å²) in [5.74, 6) is 0.317. The van der Waals surface area contributed by atoms with Crippen LogP contribution in [0.3, 0.4) is 0 Å². The maximum Gasteiger partial charge on any atom is 0.348 e. The van der Waals surface area contributed by atoms with Gasteiger partial charge in [0.25, 0.3) is 5.56 Å². The molecule has 1 aliphatic heterocycles. The number of fused-ring (bicyclic) bond motifs is 1. The Labute approximate surface area is 225 Å². The number of benzene rings is 1. The molecule has 1 N–H and O–H groups in total. The first-order valence-corrected chi connectivity index (χ1v) is 13.3. The second kappa shape index (κ2) is 9.66. The number of hydrogen-bond donors (Lipinski definition) is 1. The van der Waals surface area contributed by atoms with Crippen molar-refractivity contribution in [2.45, 2.75) is 38.8 Å². The topological polar surface area (TPSA) is 121 Å². The number of ether oxygens (including phenoxy) is 1. The van der Waals surface area contributed by atoms with Gasteiger partial charge in [0.1, 0.15) is 17.0 Å². The Hall–Kier alpha value is -4.09. The molecule has 5 aromatic rings. The standard InChI is InChI=1S/C26H22ClN7O3S/c1-14(2)37-26(36)23-8-16(12-38-23)20-11-28-25(30-20)18-5-6-33-22(18)7-15(9-24(33)35)19-10-17(27)3-4-21(19)34-13-29-31-32-34/h3-4,7-14,18H,5-6H2,1-2H3,(H,28,30). The third-order valence-corrected chi connectivity index (χ3v) is 7.55. The smallest absolute Gasteiger partial charge is 0.348 e. The van der Waals surface area contributed by atoms with Crippen LogP contribution >= 0.6 is 22.9 Å². The number of pyridine rings is 1. The molecule has 0 bridgehead atoms. The zero-order valence-corrected chi connectivity index (χ0v) is 22.0. The minimum Gasteiger partial charge on any atom is -0.459 e. The summed E-state index contributed by atoms with van der Waals surface area (Å²) in [6.07, 6.45) is 3.81. The van der Waals surface area contributed by atoms with Gasteiger partial charge in [0, 0.05) is 39.8 Å². The third-order valence-electron chi connectivity index (χ3n) is 6.40. The number of aromatic nitrogens is 7. The quantitative estimate of drug-likeness (QED) is 0.306. The van der Waals surface area contributed by atoms with E-state index in [4.69, 9.17) is 16.3 Å². The molecular weight excluding hydrogens is 526 g/mol. The van der Waals surface area contributed by atoms with E-state index in [0.29, 0.717) is 22.1 Å². The number of carbonyl (C=O) groups is 1. The van der Waals surface area contributed by atoms with E-state index in [0.717, 1.165) is 40.3 Å². The average Bonchev–Trinajstić information content (AvgIpc) is 3.69. The molecule has 0 saturated heterocycles. The molecule has 0 aliphatic carbocycles. The van der Waals surface area contributed by atoms with Crippen LogP contribution in [0, 0.1) is 0 Å². The molecule has 4 aromatic heterocycles. The van der Waals surface area contributed by atoms with Crippen LogP contribution in [0.15, 0.2) is 59.1 Å². The van der Waals surface area contributed by atoms with Crippen LogP contribution < -0.4 is 5.56 Å². The first kappa shape index (κ1) is 24.3. The summed E-state index contributed by atoms with van der Waals surface area (Å²) in [4.78, 5) is 34.0. The van der Waals surface area contributed by atoms with Gasteiger partial charge in [0.2, 0.25) is 0 Å². The SMILES string of the molecule is CC(C)OC(=O)c1cc(-c2cnc(C3CCn4c3cc(-c3cc(Cl)ccc3-n3cnnn3)cc4=O)[nH]2)cs1. The van der Waals surface area contributed by atoms with Crippen LogP contribution in [0.2, 0.25) is 5.02 Å². The lowest BCUT2D eigenvalue weighted by molar-refractivity contribution is 0.0384. The average molecular weight is 548 g/mol. The molecule has 10 nitrogen and oxygen atoms in total. The van der Waals surface area contributed by atoms with E-state index < -0.39 is 0 Å². The molecule has 1 unspecified atom stereocenters. The van der Waals surface area contributed by atoms with E-state index in [1.54, 1.807) is 39.7 Å². The molecule has 6 rings (SSSR count). The number of halogens is 1. The second-order valence-electron chi connectivity index (χ2n) is 9.25. The zero-order chi connectivity index (χ0) is 26.4. The Morgan fingerprint density at radius 3 is 2.87 bits per heavy atom. The summed E-state index contributed by atoms with van der Waals surface area (Å²) in [6, 6.07) is 10.8. The molecule has 0 spiro atoms. The molecule has 1 aliphatic rings. The maximum atomic E-state index is 13.1. The lowest BCUT2D eigenvalue weighted by atomic mass is 9.98. The molecule has 0 fully saturated rings. The largest absolute Gasteiger partial charge is 0.459 e. The predicted octanol–water partition coefficient (Wildman–Crippen LogP) is 4.70. The van der Waals surface area contributed by atoms with Gasteiger partial charge in [-0.25, -0.2) is 9.78 Å². The van der Waals surface area contributed by atoms with E-state index in [1.807, 2.05) is 31.4 Å². The Morgan fingerprint density at radius 2 is 2.08 bits per heavy atom. The molecule has 5 heterocycles. The minimum atomic E-state index is -0.338. The Kier molecular flexibility index (Phi) is 6.16. The minimum absolute atomic E-state index is 0.0967. The van der Waals surface area contributed by atoms with E-state index >= 15 is 0 Å². The third kappa shape index (κ3) is 4.44. The first-order chi connectivity index (χ1) is 18.4. The Bertz CT molecular complexity index is 1700. The molecule has 1 aromatic carbocycles. The van der Waals surface area contributed by atoms with E-state index in [-0.39, 0.29) is 23.6 Å². The highest BCUT2D eigenvalue weighted by atomic mass is 35.5. The summed E-state index contributed by atoms with van der Waals surface area (Å²) in [6.45, 7) is 4.24. The van der Waals surface area contributed by atoms with Crippen LogP contribution in [0.4, 0.5) is 0 Å². The molecule has 0 radical (unpaired) electrons. The van der Waals surface area contributed by atoms with Crippen molar-refractivity contribution in [2.75, 3.05) is 0 Å². The Morgan fingerprint density at radius 1 is 1.21 bits per heavy atom. The van der Waals surface area contributed by atoms with Gasteiger partial charge in [-0.3, -0.25) is 4.79 Å². The summed E-state index contributed by atoms with van der Waals surface area (Å²) >= 11 is 7.66. The van der Waals surface area contributed by atoms with Gasteiger partial charge >= 0.3 is 5.97 Å². The van der Waals surface area contributed by atoms with E-state index in [9.17, 15) is 9.59 Å². The number of tetrazole rings is 1. The fourth-order valence-electron chi connectivity index (χ4n) is 4.71. The highest BCUT2D eigenvalue weighted by Crippen LogP contribution is 2.37. The van der Waals surface area contributed by atoms with Crippen LogP contribution in [-0.2, 0) is 11.3 Å². The first-order valence-electron chi connectivity index (χ1n) is 12.0. The van der Waals surface area contributed by atoms with Crippen LogP contribution in [0.1, 0.15) is 47.4 Å². The molecule has 12 heteroatoms. The molecule has 0 saturated carbocycles. The Balaban J connectivity index is 1.35. The van der Waals surface area contributed by atoms with Gasteiger partial charge in [0.15, 0.2) is 0 Å². The van der Waals surface area contributed by atoms with E-state index in [2.05, 4.69) is 25.5 Å². The highest BCUT2D eigenvalue weighted by Gasteiger charge is 2.29. The number of hydrogen-bond acceptors (Lipinski definition) is 8. The number of nitrogens with one attached hydrogen (secondary N) is 1. The number of rotatable bonds is 6. The maximum absolute atomic E-state index is 13.1. The summed E-state index contributed by atoms with van der Waals surface area (Å²) in [5, 5.41) is 13.9. The fourth-order valence-corrected chi connectivity index (χ4v) is 5.67. The summed E-state index contributed by atoms with van der Waals surface area (Å²) in [5.41, 5.74) is 4.60. The second-order valence-corrected chi connectivity index (χ2v) is 10.6. The van der Waals surface area contributed by atoms with Crippen LogP contribution in [-0.4, -0.2) is 46.8 Å². The molecule has 192 valence electrons.